The monoisotopic (exact) mass is 513 g/mol. The van der Waals surface area contributed by atoms with Crippen molar-refractivity contribution in [3.63, 3.8) is 0 Å². The number of imidazole rings is 2. The fraction of sp³-hybridized carbons (Fsp3) is 0.360. The molecule has 0 aliphatic carbocycles. The number of nitrogens with one attached hydrogen (secondary N) is 1. The first-order chi connectivity index (χ1) is 17.7. The molecule has 1 unspecified atom stereocenters. The second-order valence-electron chi connectivity index (χ2n) is 8.94. The second kappa shape index (κ2) is 9.51. The van der Waals surface area contributed by atoms with Crippen LogP contribution in [0.5, 0.6) is 0 Å². The van der Waals surface area contributed by atoms with E-state index in [2.05, 4.69) is 15.4 Å². The number of fused-ring (bicyclic) bond motifs is 1. The Balaban J connectivity index is 1.53. The number of nitrogens with zero attached hydrogens (tertiary/aromatic N) is 6. The van der Waals surface area contributed by atoms with Gasteiger partial charge >= 0.3 is 6.18 Å². The SMILES string of the molecule is CNC(=O)c1cc(CCc2nc(N3CCCC3O)cn2-c2ccccc2)nn2c(C)c(C(F)(F)F)nc12. The van der Waals surface area contributed by atoms with Gasteiger partial charge in [0.2, 0.25) is 0 Å². The summed E-state index contributed by atoms with van der Waals surface area (Å²) in [6, 6.07) is 11.1. The summed E-state index contributed by atoms with van der Waals surface area (Å²) in [6.45, 7) is 1.98. The summed E-state index contributed by atoms with van der Waals surface area (Å²) >= 11 is 0. The van der Waals surface area contributed by atoms with Crippen molar-refractivity contribution in [2.24, 2.45) is 0 Å². The third-order valence-electron chi connectivity index (χ3n) is 6.52. The van der Waals surface area contributed by atoms with E-state index < -0.39 is 24.0 Å². The lowest BCUT2D eigenvalue weighted by molar-refractivity contribution is -0.141. The Kier molecular flexibility index (Phi) is 6.36. The number of alkyl halides is 3. The number of aryl methyl sites for hydroxylation is 3. The van der Waals surface area contributed by atoms with Crippen molar-refractivity contribution in [3.05, 3.63) is 71.1 Å². The van der Waals surface area contributed by atoms with Gasteiger partial charge in [-0.3, -0.25) is 4.79 Å². The van der Waals surface area contributed by atoms with Crippen LogP contribution in [0.3, 0.4) is 0 Å². The Hall–Kier alpha value is -3.93. The minimum Gasteiger partial charge on any atom is -0.374 e. The lowest BCUT2D eigenvalue weighted by Gasteiger charge is -2.19. The van der Waals surface area contributed by atoms with Gasteiger partial charge in [0.25, 0.3) is 5.91 Å². The third-order valence-corrected chi connectivity index (χ3v) is 6.52. The van der Waals surface area contributed by atoms with Crippen molar-refractivity contribution in [1.82, 2.24) is 29.5 Å². The lowest BCUT2D eigenvalue weighted by atomic mass is 10.1. The highest BCUT2D eigenvalue weighted by molar-refractivity contribution is 5.99. The molecular formula is C25H26F3N7O2. The molecule has 4 heterocycles. The van der Waals surface area contributed by atoms with Gasteiger partial charge in [-0.05, 0) is 44.4 Å². The van der Waals surface area contributed by atoms with E-state index in [1.165, 1.54) is 20.0 Å². The first-order valence-electron chi connectivity index (χ1n) is 11.9. The number of hydrogen-bond acceptors (Lipinski definition) is 6. The smallest absolute Gasteiger partial charge is 0.374 e. The molecule has 2 N–H and O–H groups in total. The summed E-state index contributed by atoms with van der Waals surface area (Å²) in [6.07, 6.45) is -1.15. The van der Waals surface area contributed by atoms with Crippen LogP contribution in [0.25, 0.3) is 11.3 Å². The summed E-state index contributed by atoms with van der Waals surface area (Å²) in [5, 5.41) is 17.2. The Bertz CT molecular complexity index is 1450. The number of amides is 1. The predicted octanol–water partition coefficient (Wildman–Crippen LogP) is 3.31. The molecule has 0 radical (unpaired) electrons. The number of aliphatic hydroxyl groups is 1. The zero-order valence-corrected chi connectivity index (χ0v) is 20.3. The van der Waals surface area contributed by atoms with E-state index in [0.29, 0.717) is 43.1 Å². The van der Waals surface area contributed by atoms with Crippen LogP contribution in [-0.4, -0.2) is 55.0 Å². The van der Waals surface area contributed by atoms with Gasteiger partial charge in [-0.15, -0.1) is 0 Å². The molecule has 0 saturated carbocycles. The molecular weight excluding hydrogens is 487 g/mol. The van der Waals surface area contributed by atoms with Crippen molar-refractivity contribution in [3.8, 4) is 5.69 Å². The Morgan fingerprint density at radius 2 is 1.95 bits per heavy atom. The minimum atomic E-state index is -4.67. The molecule has 1 saturated heterocycles. The van der Waals surface area contributed by atoms with Gasteiger partial charge in [-0.1, -0.05) is 18.2 Å². The number of aliphatic hydroxyl groups excluding tert-OH is 1. The molecule has 37 heavy (non-hydrogen) atoms. The maximum absolute atomic E-state index is 13.5. The zero-order chi connectivity index (χ0) is 26.3. The van der Waals surface area contributed by atoms with E-state index in [9.17, 15) is 23.1 Å². The van der Waals surface area contributed by atoms with E-state index in [1.807, 2.05) is 46.0 Å². The second-order valence-corrected chi connectivity index (χ2v) is 8.94. The molecule has 0 spiro atoms. The first kappa shape index (κ1) is 24.8. The lowest BCUT2D eigenvalue weighted by Crippen LogP contribution is -2.28. The Morgan fingerprint density at radius 3 is 2.59 bits per heavy atom. The van der Waals surface area contributed by atoms with Gasteiger partial charge in [0.05, 0.1) is 23.1 Å². The molecule has 9 nitrogen and oxygen atoms in total. The quantitative estimate of drug-likeness (QED) is 0.411. The summed E-state index contributed by atoms with van der Waals surface area (Å²) in [5.41, 5.74) is -0.0888. The molecule has 1 amide bonds. The highest BCUT2D eigenvalue weighted by Gasteiger charge is 2.37. The Morgan fingerprint density at radius 1 is 1.19 bits per heavy atom. The molecule has 1 atom stereocenters. The van der Waals surface area contributed by atoms with E-state index in [0.717, 1.165) is 16.6 Å². The fourth-order valence-corrected chi connectivity index (χ4v) is 4.66. The number of rotatable bonds is 6. The largest absolute Gasteiger partial charge is 0.435 e. The average molecular weight is 514 g/mol. The average Bonchev–Trinajstić information content (AvgIpc) is 3.59. The van der Waals surface area contributed by atoms with Gasteiger partial charge in [-0.2, -0.15) is 18.3 Å². The summed E-state index contributed by atoms with van der Waals surface area (Å²) < 4.78 is 43.5. The van der Waals surface area contributed by atoms with Crippen LogP contribution in [0, 0.1) is 6.92 Å². The summed E-state index contributed by atoms with van der Waals surface area (Å²) in [7, 11) is 1.41. The van der Waals surface area contributed by atoms with Crippen molar-refractivity contribution in [2.75, 3.05) is 18.5 Å². The molecule has 5 rings (SSSR count). The molecule has 1 aliphatic rings. The number of carbonyl (C=O) groups excluding carboxylic acids is 1. The van der Waals surface area contributed by atoms with Gasteiger partial charge in [-0.25, -0.2) is 14.5 Å². The van der Waals surface area contributed by atoms with Gasteiger partial charge in [0.15, 0.2) is 11.3 Å². The zero-order valence-electron chi connectivity index (χ0n) is 20.3. The highest BCUT2D eigenvalue weighted by atomic mass is 19.4. The Labute approximate surface area is 210 Å². The van der Waals surface area contributed by atoms with Crippen LogP contribution in [0.4, 0.5) is 19.0 Å². The summed E-state index contributed by atoms with van der Waals surface area (Å²) in [5.74, 6) is 0.795. The van der Waals surface area contributed by atoms with Gasteiger partial charge in [0.1, 0.15) is 17.9 Å². The van der Waals surface area contributed by atoms with Crippen LogP contribution in [0.1, 0.15) is 46.1 Å². The van der Waals surface area contributed by atoms with E-state index >= 15 is 0 Å². The molecule has 12 heteroatoms. The summed E-state index contributed by atoms with van der Waals surface area (Å²) in [4.78, 5) is 22.8. The minimum absolute atomic E-state index is 0.0124. The topological polar surface area (TPSA) is 101 Å². The van der Waals surface area contributed by atoms with E-state index in [-0.39, 0.29) is 16.9 Å². The van der Waals surface area contributed by atoms with Crippen LogP contribution >= 0.6 is 0 Å². The number of hydrogen-bond donors (Lipinski definition) is 2. The number of para-hydroxylation sites is 1. The van der Waals surface area contributed by atoms with Crippen molar-refractivity contribution in [1.29, 1.82) is 0 Å². The van der Waals surface area contributed by atoms with Crippen molar-refractivity contribution >= 4 is 17.4 Å². The number of halogens is 3. The molecule has 0 bridgehead atoms. The van der Waals surface area contributed by atoms with Crippen LogP contribution in [0.15, 0.2) is 42.6 Å². The molecule has 194 valence electrons. The molecule has 4 aromatic rings. The molecule has 1 aliphatic heterocycles. The fourth-order valence-electron chi connectivity index (χ4n) is 4.66. The highest BCUT2D eigenvalue weighted by Crippen LogP contribution is 2.32. The molecule has 1 fully saturated rings. The third kappa shape index (κ3) is 4.64. The number of aromatic nitrogens is 5. The molecule has 3 aromatic heterocycles. The normalized spacial score (nSPS) is 16.1. The van der Waals surface area contributed by atoms with Crippen LogP contribution in [-0.2, 0) is 19.0 Å². The van der Waals surface area contributed by atoms with E-state index in [4.69, 9.17) is 4.98 Å². The maximum Gasteiger partial charge on any atom is 0.435 e. The number of carbonyl (C=O) groups is 1. The number of anilines is 1. The molecule has 1 aromatic carbocycles. The van der Waals surface area contributed by atoms with Crippen molar-refractivity contribution < 1.29 is 23.1 Å². The van der Waals surface area contributed by atoms with Crippen LogP contribution < -0.4 is 10.2 Å². The van der Waals surface area contributed by atoms with Crippen LogP contribution in [0.2, 0.25) is 0 Å². The van der Waals surface area contributed by atoms with Gasteiger partial charge < -0.3 is 19.9 Å². The van der Waals surface area contributed by atoms with Crippen molar-refractivity contribution in [2.45, 2.75) is 45.0 Å². The number of benzene rings is 1. The van der Waals surface area contributed by atoms with E-state index in [1.54, 1.807) is 0 Å². The standard InChI is InChI=1S/C25H26F3N7O2/c1-15-22(25(26,27)28)31-23-18(24(37)29-2)13-16(32-35(15)23)10-11-19-30-20(33-12-6-9-21(33)36)14-34(19)17-7-4-3-5-8-17/h3-5,7-8,13-14,21,36H,6,9-12H2,1-2H3,(H,29,37). The van der Waals surface area contributed by atoms with Gasteiger partial charge in [0, 0.05) is 25.7 Å². The maximum atomic E-state index is 13.5. The first-order valence-corrected chi connectivity index (χ1v) is 11.9. The predicted molar refractivity (Wildman–Crippen MR) is 130 cm³/mol.